The van der Waals surface area contributed by atoms with Crippen LogP contribution in [0.15, 0.2) is 48.0 Å². The predicted molar refractivity (Wildman–Crippen MR) is 123 cm³/mol. The van der Waals surface area contributed by atoms with Gasteiger partial charge in [0.15, 0.2) is 0 Å². The number of esters is 1. The van der Waals surface area contributed by atoms with E-state index in [1.807, 2.05) is 62.6 Å². The van der Waals surface area contributed by atoms with Crippen molar-refractivity contribution in [3.63, 3.8) is 0 Å². The van der Waals surface area contributed by atoms with Gasteiger partial charge in [0.2, 0.25) is 0 Å². The van der Waals surface area contributed by atoms with Crippen LogP contribution in [0.5, 0.6) is 0 Å². The summed E-state index contributed by atoms with van der Waals surface area (Å²) in [4.78, 5) is 24.8. The van der Waals surface area contributed by atoms with Crippen LogP contribution in [0.1, 0.15) is 45.6 Å². The van der Waals surface area contributed by atoms with Crippen LogP contribution in [-0.2, 0) is 9.53 Å². The van der Waals surface area contributed by atoms with E-state index >= 15 is 0 Å². The molecule has 1 aromatic carbocycles. The molecule has 0 aliphatic heterocycles. The molecule has 0 unspecified atom stereocenters. The molecule has 7 heteroatoms. The first kappa shape index (κ1) is 22.6. The van der Waals surface area contributed by atoms with Gasteiger partial charge in [-0.3, -0.25) is 14.9 Å². The van der Waals surface area contributed by atoms with E-state index in [1.165, 1.54) is 0 Å². The van der Waals surface area contributed by atoms with Gasteiger partial charge in [-0.2, -0.15) is 5.26 Å². The minimum Gasteiger partial charge on any atom is -0.462 e. The van der Waals surface area contributed by atoms with Gasteiger partial charge in [-0.15, -0.1) is 0 Å². The molecule has 0 radical (unpaired) electrons. The van der Waals surface area contributed by atoms with Crippen LogP contribution < -0.4 is 5.43 Å². The molecule has 0 spiro atoms. The summed E-state index contributed by atoms with van der Waals surface area (Å²) in [6.45, 7) is 9.66. The van der Waals surface area contributed by atoms with Crippen LogP contribution >= 0.6 is 0 Å². The number of ether oxygens (including phenoxy) is 1. The number of nitriles is 1. The van der Waals surface area contributed by atoms with Gasteiger partial charge >= 0.3 is 5.97 Å². The third-order valence-electron chi connectivity index (χ3n) is 5.24. The largest absolute Gasteiger partial charge is 0.462 e. The van der Waals surface area contributed by atoms with E-state index in [1.54, 1.807) is 35.9 Å². The van der Waals surface area contributed by atoms with Crippen molar-refractivity contribution in [3.05, 3.63) is 81.9 Å². The van der Waals surface area contributed by atoms with Crippen LogP contribution in [0.2, 0.25) is 0 Å². The number of amides is 1. The number of aromatic nitrogens is 2. The molecule has 0 fully saturated rings. The Balaban J connectivity index is 1.95. The molecule has 1 amide bonds. The fourth-order valence-corrected chi connectivity index (χ4v) is 3.63. The van der Waals surface area contributed by atoms with Gasteiger partial charge in [-0.25, -0.2) is 4.79 Å². The second-order valence-corrected chi connectivity index (χ2v) is 7.49. The van der Waals surface area contributed by atoms with E-state index in [4.69, 9.17) is 4.74 Å². The minimum atomic E-state index is -0.482. The first-order valence-electron chi connectivity index (χ1n) is 10.3. The van der Waals surface area contributed by atoms with Crippen LogP contribution in [0.25, 0.3) is 11.8 Å². The van der Waals surface area contributed by atoms with E-state index in [9.17, 15) is 14.9 Å². The maximum absolute atomic E-state index is 12.7. The Labute approximate surface area is 187 Å². The summed E-state index contributed by atoms with van der Waals surface area (Å²) in [7, 11) is 0. The van der Waals surface area contributed by atoms with Gasteiger partial charge in [-0.1, -0.05) is 6.07 Å². The standard InChI is InChI=1S/C25H26N4O3/c1-6-32-25(31)20-8-7-9-23(14-20)28-18(4)12-21(19(28)5)13-22(15-26)24(30)27-29-16(2)10-11-17(29)3/h7-14H,6H2,1-5H3,(H,27,30)/b22-13-. The average Bonchev–Trinajstić information content (AvgIpc) is 3.24. The molecule has 0 aliphatic carbocycles. The first-order valence-corrected chi connectivity index (χ1v) is 10.3. The molecular formula is C25H26N4O3. The highest BCUT2D eigenvalue weighted by molar-refractivity contribution is 6.06. The molecule has 0 aliphatic rings. The number of benzene rings is 1. The number of carbonyl (C=O) groups is 2. The Morgan fingerprint density at radius 1 is 1.06 bits per heavy atom. The Morgan fingerprint density at radius 3 is 2.38 bits per heavy atom. The third-order valence-corrected chi connectivity index (χ3v) is 5.24. The Morgan fingerprint density at radius 2 is 1.75 bits per heavy atom. The molecule has 7 nitrogen and oxygen atoms in total. The van der Waals surface area contributed by atoms with Gasteiger partial charge in [0.1, 0.15) is 11.6 Å². The van der Waals surface area contributed by atoms with Gasteiger partial charge in [0.25, 0.3) is 5.91 Å². The molecule has 164 valence electrons. The third kappa shape index (κ3) is 4.49. The molecule has 2 aromatic heterocycles. The van der Waals surface area contributed by atoms with Gasteiger partial charge in [-0.05, 0) is 82.7 Å². The van der Waals surface area contributed by atoms with E-state index in [-0.39, 0.29) is 11.5 Å². The topological polar surface area (TPSA) is 89.1 Å². The second-order valence-electron chi connectivity index (χ2n) is 7.49. The van der Waals surface area contributed by atoms with Gasteiger partial charge in [0.05, 0.1) is 12.2 Å². The number of carbonyl (C=O) groups excluding carboxylic acids is 2. The highest BCUT2D eigenvalue weighted by Gasteiger charge is 2.16. The van der Waals surface area contributed by atoms with Crippen LogP contribution in [0.4, 0.5) is 0 Å². The summed E-state index contributed by atoms with van der Waals surface area (Å²) in [5.41, 5.74) is 8.26. The lowest BCUT2D eigenvalue weighted by atomic mass is 10.1. The van der Waals surface area contributed by atoms with Crippen LogP contribution in [0, 0.1) is 39.0 Å². The monoisotopic (exact) mass is 430 g/mol. The maximum atomic E-state index is 12.7. The van der Waals surface area contributed by atoms with Crippen molar-refractivity contribution in [2.75, 3.05) is 12.0 Å². The van der Waals surface area contributed by atoms with Crippen molar-refractivity contribution in [1.82, 2.24) is 9.24 Å². The van der Waals surface area contributed by atoms with E-state index < -0.39 is 5.91 Å². The number of nitrogens with zero attached hydrogens (tertiary/aromatic N) is 3. The van der Waals surface area contributed by atoms with Crippen molar-refractivity contribution in [2.24, 2.45) is 0 Å². The highest BCUT2D eigenvalue weighted by Crippen LogP contribution is 2.24. The lowest BCUT2D eigenvalue weighted by molar-refractivity contribution is -0.113. The number of aryl methyl sites for hydroxylation is 3. The summed E-state index contributed by atoms with van der Waals surface area (Å²) in [5.74, 6) is -0.861. The van der Waals surface area contributed by atoms with Crippen LogP contribution in [0.3, 0.4) is 0 Å². The fraction of sp³-hybridized carbons (Fsp3) is 0.240. The molecule has 0 saturated heterocycles. The quantitative estimate of drug-likeness (QED) is 0.357. The van der Waals surface area contributed by atoms with E-state index in [0.717, 1.165) is 34.0 Å². The summed E-state index contributed by atoms with van der Waals surface area (Å²) in [6, 6.07) is 14.9. The lowest BCUT2D eigenvalue weighted by Gasteiger charge is -2.12. The van der Waals surface area contributed by atoms with Crippen LogP contribution in [-0.4, -0.2) is 27.7 Å². The maximum Gasteiger partial charge on any atom is 0.338 e. The molecule has 3 aromatic rings. The second kappa shape index (κ2) is 9.40. The Bertz CT molecular complexity index is 1240. The van der Waals surface area contributed by atoms with E-state index in [2.05, 4.69) is 5.43 Å². The summed E-state index contributed by atoms with van der Waals surface area (Å²) in [5, 5.41) is 9.61. The average molecular weight is 431 g/mol. The number of hydrogen-bond donors (Lipinski definition) is 1. The molecule has 0 bridgehead atoms. The summed E-state index contributed by atoms with van der Waals surface area (Å²) in [6.07, 6.45) is 1.58. The molecule has 32 heavy (non-hydrogen) atoms. The van der Waals surface area contributed by atoms with Crippen molar-refractivity contribution in [1.29, 1.82) is 5.26 Å². The molecule has 1 N–H and O–H groups in total. The first-order chi connectivity index (χ1) is 15.3. The summed E-state index contributed by atoms with van der Waals surface area (Å²) < 4.78 is 8.72. The van der Waals surface area contributed by atoms with Gasteiger partial charge < -0.3 is 9.30 Å². The number of rotatable bonds is 6. The zero-order valence-corrected chi connectivity index (χ0v) is 18.9. The number of nitrogens with one attached hydrogen (secondary N) is 1. The van der Waals surface area contributed by atoms with Gasteiger partial charge in [0, 0.05) is 28.5 Å². The highest BCUT2D eigenvalue weighted by atomic mass is 16.5. The normalized spacial score (nSPS) is 11.2. The molecule has 0 atom stereocenters. The minimum absolute atomic E-state index is 0.00183. The zero-order valence-electron chi connectivity index (χ0n) is 18.9. The SMILES string of the molecule is CCOC(=O)c1cccc(-n2c(C)cc(/C=C(/C#N)C(=O)Nn3c(C)ccc3C)c2C)c1. The van der Waals surface area contributed by atoms with E-state index in [0.29, 0.717) is 12.2 Å². The van der Waals surface area contributed by atoms with Crippen molar-refractivity contribution >= 4 is 18.0 Å². The molecule has 3 rings (SSSR count). The van der Waals surface area contributed by atoms with Crippen molar-refractivity contribution in [2.45, 2.75) is 34.6 Å². The Hall–Kier alpha value is -4.05. The predicted octanol–water partition coefficient (Wildman–Crippen LogP) is 4.37. The summed E-state index contributed by atoms with van der Waals surface area (Å²) >= 11 is 0. The van der Waals surface area contributed by atoms with Crippen molar-refractivity contribution < 1.29 is 14.3 Å². The Kier molecular flexibility index (Phi) is 6.64. The lowest BCUT2D eigenvalue weighted by Crippen LogP contribution is -2.25. The smallest absolute Gasteiger partial charge is 0.338 e. The molecular weight excluding hydrogens is 404 g/mol. The van der Waals surface area contributed by atoms with Crippen molar-refractivity contribution in [3.8, 4) is 11.8 Å². The fourth-order valence-electron chi connectivity index (χ4n) is 3.63. The molecule has 2 heterocycles. The molecule has 0 saturated carbocycles. The number of hydrogen-bond acceptors (Lipinski definition) is 4. The zero-order chi connectivity index (χ0) is 23.4.